The van der Waals surface area contributed by atoms with Crippen molar-refractivity contribution in [2.24, 2.45) is 0 Å². The Bertz CT molecular complexity index is 176. The molecule has 0 unspecified atom stereocenters. The highest BCUT2D eigenvalue weighted by Gasteiger charge is 2.12. The SMILES string of the molecule is CCN(C)C(=O)CN(CCO)CCOC. The molecule has 0 spiro atoms. The number of ether oxygens (including phenoxy) is 1. The van der Waals surface area contributed by atoms with Gasteiger partial charge in [0, 0.05) is 33.8 Å². The van der Waals surface area contributed by atoms with Crippen LogP contribution in [0.15, 0.2) is 0 Å². The first-order valence-electron chi connectivity index (χ1n) is 5.21. The van der Waals surface area contributed by atoms with Crippen molar-refractivity contribution in [3.63, 3.8) is 0 Å². The third-order valence-electron chi connectivity index (χ3n) is 2.29. The van der Waals surface area contributed by atoms with E-state index in [2.05, 4.69) is 0 Å². The van der Waals surface area contributed by atoms with Crippen LogP contribution in [0.5, 0.6) is 0 Å². The summed E-state index contributed by atoms with van der Waals surface area (Å²) in [6.45, 7) is 4.79. The van der Waals surface area contributed by atoms with Crippen LogP contribution in [0.25, 0.3) is 0 Å². The van der Waals surface area contributed by atoms with Crippen LogP contribution in [0.3, 0.4) is 0 Å². The molecule has 0 saturated carbocycles. The summed E-state index contributed by atoms with van der Waals surface area (Å²) < 4.78 is 4.94. The quantitative estimate of drug-likeness (QED) is 0.591. The number of rotatable bonds is 8. The van der Waals surface area contributed by atoms with E-state index in [1.54, 1.807) is 19.1 Å². The van der Waals surface area contributed by atoms with E-state index in [1.165, 1.54) is 0 Å². The fraction of sp³-hybridized carbons (Fsp3) is 0.900. The average molecular weight is 218 g/mol. The van der Waals surface area contributed by atoms with Crippen LogP contribution in [0.1, 0.15) is 6.92 Å². The zero-order valence-electron chi connectivity index (χ0n) is 9.90. The largest absolute Gasteiger partial charge is 0.395 e. The van der Waals surface area contributed by atoms with Crippen molar-refractivity contribution in [2.45, 2.75) is 6.92 Å². The number of aliphatic hydroxyl groups is 1. The Morgan fingerprint density at radius 1 is 1.40 bits per heavy atom. The topological polar surface area (TPSA) is 53.0 Å². The molecule has 0 rings (SSSR count). The highest BCUT2D eigenvalue weighted by Crippen LogP contribution is 1.92. The number of likely N-dealkylation sites (N-methyl/N-ethyl adjacent to an activating group) is 1. The maximum Gasteiger partial charge on any atom is 0.236 e. The Balaban J connectivity index is 3.97. The lowest BCUT2D eigenvalue weighted by Crippen LogP contribution is -2.40. The van der Waals surface area contributed by atoms with Gasteiger partial charge in [-0.25, -0.2) is 0 Å². The maximum atomic E-state index is 11.6. The summed E-state index contributed by atoms with van der Waals surface area (Å²) >= 11 is 0. The lowest BCUT2D eigenvalue weighted by atomic mass is 10.4. The number of aliphatic hydroxyl groups excluding tert-OH is 1. The van der Waals surface area contributed by atoms with Crippen LogP contribution in [0, 0.1) is 0 Å². The van der Waals surface area contributed by atoms with Crippen LogP contribution in [0.2, 0.25) is 0 Å². The fourth-order valence-electron chi connectivity index (χ4n) is 1.12. The van der Waals surface area contributed by atoms with Crippen LogP contribution < -0.4 is 0 Å². The van der Waals surface area contributed by atoms with Gasteiger partial charge in [0.15, 0.2) is 0 Å². The predicted octanol–water partition coefficient (Wildman–Crippen LogP) is -0.595. The van der Waals surface area contributed by atoms with Gasteiger partial charge in [0.25, 0.3) is 0 Å². The van der Waals surface area contributed by atoms with E-state index in [0.717, 1.165) is 0 Å². The first-order chi connectivity index (χ1) is 7.15. The normalized spacial score (nSPS) is 10.7. The molecule has 5 nitrogen and oxygen atoms in total. The van der Waals surface area contributed by atoms with E-state index in [-0.39, 0.29) is 12.5 Å². The number of carbonyl (C=O) groups excluding carboxylic acids is 1. The van der Waals surface area contributed by atoms with Crippen LogP contribution in [-0.4, -0.2) is 74.4 Å². The van der Waals surface area contributed by atoms with Gasteiger partial charge >= 0.3 is 0 Å². The molecular formula is C10H22N2O3. The van der Waals surface area contributed by atoms with Crippen molar-refractivity contribution < 1.29 is 14.6 Å². The molecule has 1 N–H and O–H groups in total. The molecule has 0 aliphatic rings. The van der Waals surface area contributed by atoms with Gasteiger partial charge in [-0.05, 0) is 6.92 Å². The lowest BCUT2D eigenvalue weighted by molar-refractivity contribution is -0.131. The summed E-state index contributed by atoms with van der Waals surface area (Å²) in [7, 11) is 3.40. The molecule has 0 aliphatic heterocycles. The Morgan fingerprint density at radius 2 is 2.07 bits per heavy atom. The third kappa shape index (κ3) is 6.43. The van der Waals surface area contributed by atoms with Gasteiger partial charge in [0.05, 0.1) is 19.8 Å². The van der Waals surface area contributed by atoms with Crippen LogP contribution >= 0.6 is 0 Å². The second kappa shape index (κ2) is 8.64. The summed E-state index contributed by atoms with van der Waals surface area (Å²) in [4.78, 5) is 15.1. The first kappa shape index (κ1) is 14.3. The number of hydrogen-bond acceptors (Lipinski definition) is 4. The second-order valence-corrected chi connectivity index (χ2v) is 3.40. The minimum Gasteiger partial charge on any atom is -0.395 e. The van der Waals surface area contributed by atoms with E-state index in [9.17, 15) is 4.79 Å². The van der Waals surface area contributed by atoms with Gasteiger partial charge in [-0.3, -0.25) is 9.69 Å². The molecular weight excluding hydrogens is 196 g/mol. The van der Waals surface area contributed by atoms with Gasteiger partial charge in [-0.1, -0.05) is 0 Å². The zero-order valence-corrected chi connectivity index (χ0v) is 9.90. The molecule has 0 saturated heterocycles. The average Bonchev–Trinajstić information content (AvgIpc) is 2.24. The standard InChI is InChI=1S/C10H22N2O3/c1-4-11(2)10(14)9-12(5-7-13)6-8-15-3/h13H,4-9H2,1-3H3. The number of carbonyl (C=O) groups is 1. The monoisotopic (exact) mass is 218 g/mol. The molecule has 1 amide bonds. The van der Waals surface area contributed by atoms with Crippen molar-refractivity contribution in [2.75, 3.05) is 53.6 Å². The molecule has 0 fully saturated rings. The van der Waals surface area contributed by atoms with Gasteiger partial charge in [0.1, 0.15) is 0 Å². The van der Waals surface area contributed by atoms with Crippen LogP contribution in [-0.2, 0) is 9.53 Å². The Hall–Kier alpha value is -0.650. The predicted molar refractivity (Wildman–Crippen MR) is 58.7 cm³/mol. The van der Waals surface area contributed by atoms with Crippen molar-refractivity contribution in [1.82, 2.24) is 9.80 Å². The van der Waals surface area contributed by atoms with Crippen molar-refractivity contribution in [3.8, 4) is 0 Å². The third-order valence-corrected chi connectivity index (χ3v) is 2.29. The second-order valence-electron chi connectivity index (χ2n) is 3.40. The fourth-order valence-corrected chi connectivity index (χ4v) is 1.12. The first-order valence-corrected chi connectivity index (χ1v) is 5.21. The van der Waals surface area contributed by atoms with E-state index < -0.39 is 0 Å². The van der Waals surface area contributed by atoms with E-state index in [0.29, 0.717) is 32.8 Å². The van der Waals surface area contributed by atoms with E-state index in [4.69, 9.17) is 9.84 Å². The molecule has 0 radical (unpaired) electrons. The molecule has 0 aliphatic carbocycles. The molecule has 0 aromatic rings. The van der Waals surface area contributed by atoms with Gasteiger partial charge in [-0.2, -0.15) is 0 Å². The number of nitrogens with zero attached hydrogens (tertiary/aromatic N) is 2. The highest BCUT2D eigenvalue weighted by atomic mass is 16.5. The molecule has 0 bridgehead atoms. The van der Waals surface area contributed by atoms with Crippen molar-refractivity contribution in [3.05, 3.63) is 0 Å². The lowest BCUT2D eigenvalue weighted by Gasteiger charge is -2.23. The molecule has 0 aromatic carbocycles. The van der Waals surface area contributed by atoms with Gasteiger partial charge < -0.3 is 14.7 Å². The summed E-state index contributed by atoms with van der Waals surface area (Å²) in [6.07, 6.45) is 0. The maximum absolute atomic E-state index is 11.6. The molecule has 5 heteroatoms. The number of hydrogen-bond donors (Lipinski definition) is 1. The summed E-state index contributed by atoms with van der Waals surface area (Å²) in [6, 6.07) is 0. The molecule has 0 aromatic heterocycles. The molecule has 15 heavy (non-hydrogen) atoms. The smallest absolute Gasteiger partial charge is 0.236 e. The Labute approximate surface area is 91.6 Å². The van der Waals surface area contributed by atoms with Crippen molar-refractivity contribution >= 4 is 5.91 Å². The Kier molecular flexibility index (Phi) is 8.27. The zero-order chi connectivity index (χ0) is 11.7. The van der Waals surface area contributed by atoms with E-state index >= 15 is 0 Å². The minimum atomic E-state index is 0.0623. The van der Waals surface area contributed by atoms with Crippen LogP contribution in [0.4, 0.5) is 0 Å². The Morgan fingerprint density at radius 3 is 2.53 bits per heavy atom. The van der Waals surface area contributed by atoms with Gasteiger partial charge in [0.2, 0.25) is 5.91 Å². The molecule has 0 atom stereocenters. The summed E-state index contributed by atoms with van der Waals surface area (Å²) in [5.74, 6) is 0.0713. The van der Waals surface area contributed by atoms with Gasteiger partial charge in [-0.15, -0.1) is 0 Å². The molecule has 90 valence electrons. The number of amides is 1. The highest BCUT2D eigenvalue weighted by molar-refractivity contribution is 5.77. The minimum absolute atomic E-state index is 0.0623. The number of methoxy groups -OCH3 is 1. The summed E-state index contributed by atoms with van der Waals surface area (Å²) in [5, 5.41) is 8.84. The van der Waals surface area contributed by atoms with E-state index in [1.807, 2.05) is 11.8 Å². The molecule has 0 heterocycles. The van der Waals surface area contributed by atoms with Crippen molar-refractivity contribution in [1.29, 1.82) is 0 Å². The summed E-state index contributed by atoms with van der Waals surface area (Å²) in [5.41, 5.74) is 0.